The Morgan fingerprint density at radius 1 is 1.29 bits per heavy atom. The summed E-state index contributed by atoms with van der Waals surface area (Å²) in [6.45, 7) is 2.59. The Morgan fingerprint density at radius 3 is 2.43 bits per heavy atom. The lowest BCUT2D eigenvalue weighted by atomic mass is 10.1. The SMILES string of the molecule is C1CC2(CC2)CN1.[HH].[HH]. The van der Waals surface area contributed by atoms with Crippen molar-refractivity contribution in [2.24, 2.45) is 5.41 Å². The topological polar surface area (TPSA) is 12.0 Å². The maximum Gasteiger partial charge on any atom is 0.000829 e. The Morgan fingerprint density at radius 2 is 2.14 bits per heavy atom. The molecule has 0 amide bonds. The molecule has 2 rings (SSSR count). The van der Waals surface area contributed by atoms with E-state index in [2.05, 4.69) is 5.32 Å². The molecule has 44 valence electrons. The monoisotopic (exact) mass is 101 g/mol. The van der Waals surface area contributed by atoms with Crippen LogP contribution in [0.3, 0.4) is 0 Å². The molecule has 1 saturated carbocycles. The summed E-state index contributed by atoms with van der Waals surface area (Å²) in [5.74, 6) is 0. The quantitative estimate of drug-likeness (QED) is 0.484. The number of nitrogens with one attached hydrogen (secondary N) is 1. The lowest BCUT2D eigenvalue weighted by Gasteiger charge is -1.96. The van der Waals surface area contributed by atoms with Crippen molar-refractivity contribution in [3.05, 3.63) is 0 Å². The van der Waals surface area contributed by atoms with Crippen LogP contribution >= 0.6 is 0 Å². The highest BCUT2D eigenvalue weighted by molar-refractivity contribution is 4.98. The number of hydrogen-bond acceptors (Lipinski definition) is 1. The van der Waals surface area contributed by atoms with Gasteiger partial charge in [0.15, 0.2) is 0 Å². The predicted molar refractivity (Wildman–Crippen MR) is 33.4 cm³/mol. The molecule has 1 heteroatoms. The summed E-state index contributed by atoms with van der Waals surface area (Å²) >= 11 is 0. The van der Waals surface area contributed by atoms with Gasteiger partial charge >= 0.3 is 0 Å². The van der Waals surface area contributed by atoms with E-state index in [9.17, 15) is 0 Å². The highest BCUT2D eigenvalue weighted by atomic mass is 14.9. The van der Waals surface area contributed by atoms with Gasteiger partial charge in [-0.15, -0.1) is 0 Å². The van der Waals surface area contributed by atoms with E-state index in [4.69, 9.17) is 0 Å². The molecule has 1 heterocycles. The van der Waals surface area contributed by atoms with E-state index in [1.54, 1.807) is 0 Å². The minimum atomic E-state index is 0. The van der Waals surface area contributed by atoms with E-state index in [1.165, 1.54) is 32.4 Å². The van der Waals surface area contributed by atoms with E-state index in [0.29, 0.717) is 0 Å². The highest BCUT2D eigenvalue weighted by Gasteiger charge is 2.44. The number of rotatable bonds is 0. The molecule has 1 aliphatic carbocycles. The van der Waals surface area contributed by atoms with Gasteiger partial charge in [0.25, 0.3) is 0 Å². The van der Waals surface area contributed by atoms with E-state index in [0.717, 1.165) is 5.41 Å². The first-order valence-electron chi connectivity index (χ1n) is 3.12. The third kappa shape index (κ3) is 0.480. The minimum Gasteiger partial charge on any atom is -0.316 e. The molecule has 1 nitrogen and oxygen atoms in total. The average molecular weight is 101 g/mol. The Kier molecular flexibility index (Phi) is 0.571. The van der Waals surface area contributed by atoms with Crippen LogP contribution in [0.1, 0.15) is 22.1 Å². The van der Waals surface area contributed by atoms with E-state index < -0.39 is 0 Å². The van der Waals surface area contributed by atoms with Gasteiger partial charge < -0.3 is 5.32 Å². The molecule has 1 spiro atoms. The maximum atomic E-state index is 3.38. The fourth-order valence-electron chi connectivity index (χ4n) is 1.40. The second-order valence-corrected chi connectivity index (χ2v) is 2.93. The normalized spacial score (nSPS) is 34.3. The van der Waals surface area contributed by atoms with Crippen molar-refractivity contribution in [3.63, 3.8) is 0 Å². The highest BCUT2D eigenvalue weighted by Crippen LogP contribution is 2.49. The Labute approximate surface area is 47.1 Å². The van der Waals surface area contributed by atoms with Gasteiger partial charge in [0.1, 0.15) is 0 Å². The zero-order valence-electron chi connectivity index (χ0n) is 4.54. The van der Waals surface area contributed by atoms with Gasteiger partial charge in [-0.05, 0) is 31.2 Å². The van der Waals surface area contributed by atoms with Crippen molar-refractivity contribution < 1.29 is 2.85 Å². The van der Waals surface area contributed by atoms with Crippen molar-refractivity contribution in [2.75, 3.05) is 13.1 Å². The summed E-state index contributed by atoms with van der Waals surface area (Å²) in [5.41, 5.74) is 0.833. The summed E-state index contributed by atoms with van der Waals surface area (Å²) in [6.07, 6.45) is 4.45. The fourth-order valence-corrected chi connectivity index (χ4v) is 1.40. The average Bonchev–Trinajstić information content (AvgIpc) is 2.15. The molecule has 0 aromatic rings. The largest absolute Gasteiger partial charge is 0.316 e. The molecule has 0 aromatic carbocycles. The maximum absolute atomic E-state index is 3.38. The van der Waals surface area contributed by atoms with Crippen LogP contribution in [0.4, 0.5) is 0 Å². The van der Waals surface area contributed by atoms with Crippen molar-refractivity contribution in [3.8, 4) is 0 Å². The van der Waals surface area contributed by atoms with Gasteiger partial charge in [-0.25, -0.2) is 0 Å². The molecule has 2 fully saturated rings. The summed E-state index contributed by atoms with van der Waals surface area (Å²) in [4.78, 5) is 0. The van der Waals surface area contributed by atoms with Crippen LogP contribution in [0.15, 0.2) is 0 Å². The zero-order valence-corrected chi connectivity index (χ0v) is 4.54. The molecule has 2 aliphatic rings. The van der Waals surface area contributed by atoms with Crippen LogP contribution in [0.5, 0.6) is 0 Å². The second kappa shape index (κ2) is 1.03. The molecular formula is C6H15N. The van der Waals surface area contributed by atoms with Crippen molar-refractivity contribution in [2.45, 2.75) is 19.3 Å². The standard InChI is InChI=1S/C6H11N.2H2/c1-2-6(1)3-4-7-5-6;;/h7H,1-5H2;2*1H. The molecule has 0 bridgehead atoms. The molecule has 0 radical (unpaired) electrons. The van der Waals surface area contributed by atoms with Crippen molar-refractivity contribution >= 4 is 0 Å². The molecule has 1 saturated heterocycles. The molecular weight excluding hydrogens is 86.1 g/mol. The van der Waals surface area contributed by atoms with Gasteiger partial charge in [-0.3, -0.25) is 0 Å². The third-order valence-corrected chi connectivity index (χ3v) is 2.29. The first kappa shape index (κ1) is 3.90. The molecule has 1 aliphatic heterocycles. The van der Waals surface area contributed by atoms with Crippen LogP contribution in [-0.2, 0) is 0 Å². The summed E-state index contributed by atoms with van der Waals surface area (Å²) < 4.78 is 0. The van der Waals surface area contributed by atoms with Gasteiger partial charge in [-0.2, -0.15) is 0 Å². The van der Waals surface area contributed by atoms with Gasteiger partial charge in [-0.1, -0.05) is 0 Å². The Balaban J connectivity index is 0.000000320. The van der Waals surface area contributed by atoms with Gasteiger partial charge in [0.2, 0.25) is 0 Å². The molecule has 0 unspecified atom stereocenters. The summed E-state index contributed by atoms with van der Waals surface area (Å²) in [5, 5.41) is 3.38. The van der Waals surface area contributed by atoms with Crippen molar-refractivity contribution in [1.29, 1.82) is 0 Å². The zero-order chi connectivity index (χ0) is 4.74. The van der Waals surface area contributed by atoms with Gasteiger partial charge in [0.05, 0.1) is 0 Å². The minimum absolute atomic E-state index is 0. The van der Waals surface area contributed by atoms with E-state index in [1.807, 2.05) is 0 Å². The van der Waals surface area contributed by atoms with Gasteiger partial charge in [0, 0.05) is 9.40 Å². The van der Waals surface area contributed by atoms with E-state index in [-0.39, 0.29) is 2.85 Å². The lowest BCUT2D eigenvalue weighted by Crippen LogP contribution is -2.08. The first-order chi connectivity index (χ1) is 3.41. The van der Waals surface area contributed by atoms with Crippen LogP contribution in [0.25, 0.3) is 0 Å². The van der Waals surface area contributed by atoms with Crippen LogP contribution in [-0.4, -0.2) is 13.1 Å². The summed E-state index contributed by atoms with van der Waals surface area (Å²) in [6, 6.07) is 0. The molecule has 0 atom stereocenters. The van der Waals surface area contributed by atoms with Crippen LogP contribution in [0, 0.1) is 5.41 Å². The van der Waals surface area contributed by atoms with E-state index >= 15 is 0 Å². The van der Waals surface area contributed by atoms with Crippen LogP contribution in [0.2, 0.25) is 0 Å². The molecule has 1 N–H and O–H groups in total. The Hall–Kier alpha value is -0.0400. The summed E-state index contributed by atoms with van der Waals surface area (Å²) in [7, 11) is 0. The fraction of sp³-hybridized carbons (Fsp3) is 1.00. The third-order valence-electron chi connectivity index (χ3n) is 2.29. The Bertz CT molecular complexity index is 83.1. The van der Waals surface area contributed by atoms with Crippen molar-refractivity contribution in [1.82, 2.24) is 5.32 Å². The lowest BCUT2D eigenvalue weighted by molar-refractivity contribution is 0.574. The molecule has 7 heavy (non-hydrogen) atoms. The predicted octanol–water partition coefficient (Wildman–Crippen LogP) is 1.25. The smallest absolute Gasteiger partial charge is 0.000829 e. The first-order valence-corrected chi connectivity index (χ1v) is 3.12. The number of hydrogen-bond donors (Lipinski definition) is 1. The second-order valence-electron chi connectivity index (χ2n) is 2.93. The molecule has 0 aromatic heterocycles. The van der Waals surface area contributed by atoms with Crippen LogP contribution < -0.4 is 5.32 Å².